The third kappa shape index (κ3) is 5.00. The van der Waals surface area contributed by atoms with Crippen LogP contribution in [0.25, 0.3) is 0 Å². The van der Waals surface area contributed by atoms with Crippen molar-refractivity contribution in [1.82, 2.24) is 0 Å². The van der Waals surface area contributed by atoms with Crippen molar-refractivity contribution in [3.8, 4) is 0 Å². The van der Waals surface area contributed by atoms with Crippen LogP contribution in [0.15, 0.2) is 35.3 Å². The molecule has 3 heteroatoms. The van der Waals surface area contributed by atoms with Gasteiger partial charge >= 0.3 is 0 Å². The number of rotatable bonds is 7. The highest BCUT2D eigenvalue weighted by atomic mass is 79.9. The summed E-state index contributed by atoms with van der Waals surface area (Å²) in [5.41, 5.74) is 0.633. The van der Waals surface area contributed by atoms with Crippen molar-refractivity contribution < 1.29 is 9.50 Å². The van der Waals surface area contributed by atoms with Gasteiger partial charge in [-0.1, -0.05) is 34.8 Å². The number of unbranched alkanes of at least 4 members (excludes halogenated alkanes) is 3. The second kappa shape index (κ2) is 7.62. The number of benzene rings is 1. The zero-order valence-electron chi connectivity index (χ0n) is 9.83. The summed E-state index contributed by atoms with van der Waals surface area (Å²) in [6.45, 7) is 3.67. The molecule has 94 valence electrons. The molecule has 0 aromatic heterocycles. The van der Waals surface area contributed by atoms with E-state index in [1.54, 1.807) is 6.07 Å². The summed E-state index contributed by atoms with van der Waals surface area (Å²) in [4.78, 5) is 0. The molecule has 1 rings (SSSR count). The van der Waals surface area contributed by atoms with E-state index in [1.165, 1.54) is 12.1 Å². The van der Waals surface area contributed by atoms with E-state index in [2.05, 4.69) is 22.5 Å². The summed E-state index contributed by atoms with van der Waals surface area (Å²) in [5, 5.41) is 9.97. The fourth-order valence-electron chi connectivity index (χ4n) is 1.73. The highest BCUT2D eigenvalue weighted by Gasteiger charge is 2.11. The maximum absolute atomic E-state index is 13.1. The summed E-state index contributed by atoms with van der Waals surface area (Å²) in [6, 6.07) is 4.40. The van der Waals surface area contributed by atoms with Gasteiger partial charge in [-0.05, 0) is 43.0 Å². The Morgan fingerprint density at radius 1 is 1.35 bits per heavy atom. The first kappa shape index (κ1) is 14.4. The van der Waals surface area contributed by atoms with Crippen LogP contribution in [-0.4, -0.2) is 5.11 Å². The quantitative estimate of drug-likeness (QED) is 0.569. The first-order valence-electron chi connectivity index (χ1n) is 5.89. The summed E-state index contributed by atoms with van der Waals surface area (Å²) in [5.74, 6) is -0.311. The van der Waals surface area contributed by atoms with Gasteiger partial charge in [0.05, 0.1) is 6.10 Å². The van der Waals surface area contributed by atoms with Crippen molar-refractivity contribution in [3.05, 3.63) is 46.7 Å². The zero-order valence-corrected chi connectivity index (χ0v) is 11.4. The Balaban J connectivity index is 2.43. The van der Waals surface area contributed by atoms with E-state index >= 15 is 0 Å². The lowest BCUT2D eigenvalue weighted by molar-refractivity contribution is 0.162. The van der Waals surface area contributed by atoms with Gasteiger partial charge in [0, 0.05) is 4.47 Å². The molecule has 1 aromatic carbocycles. The lowest BCUT2D eigenvalue weighted by Gasteiger charge is -2.12. The fourth-order valence-corrected chi connectivity index (χ4v) is 2.24. The average Bonchev–Trinajstić information content (AvgIpc) is 2.32. The average molecular weight is 301 g/mol. The molecule has 1 unspecified atom stereocenters. The minimum absolute atomic E-state index is 0.311. The van der Waals surface area contributed by atoms with E-state index in [9.17, 15) is 9.50 Å². The van der Waals surface area contributed by atoms with Gasteiger partial charge in [-0.15, -0.1) is 6.58 Å². The summed E-state index contributed by atoms with van der Waals surface area (Å²) < 4.78 is 13.8. The molecule has 0 amide bonds. The number of hydrogen-bond acceptors (Lipinski definition) is 1. The van der Waals surface area contributed by atoms with Crippen LogP contribution < -0.4 is 0 Å². The van der Waals surface area contributed by atoms with Crippen molar-refractivity contribution in [3.63, 3.8) is 0 Å². The highest BCUT2D eigenvalue weighted by Crippen LogP contribution is 2.27. The molecule has 1 N–H and O–H groups in total. The summed E-state index contributed by atoms with van der Waals surface area (Å²) in [7, 11) is 0. The number of hydrogen-bond donors (Lipinski definition) is 1. The van der Waals surface area contributed by atoms with Crippen molar-refractivity contribution in [2.75, 3.05) is 0 Å². The molecule has 0 fully saturated rings. The van der Waals surface area contributed by atoms with Gasteiger partial charge in [-0.3, -0.25) is 0 Å². The highest BCUT2D eigenvalue weighted by molar-refractivity contribution is 9.10. The van der Waals surface area contributed by atoms with Gasteiger partial charge in [0.2, 0.25) is 0 Å². The van der Waals surface area contributed by atoms with Crippen LogP contribution in [0.3, 0.4) is 0 Å². The van der Waals surface area contributed by atoms with Crippen LogP contribution in [0.2, 0.25) is 0 Å². The van der Waals surface area contributed by atoms with Crippen LogP contribution in [0, 0.1) is 5.82 Å². The molecule has 0 bridgehead atoms. The lowest BCUT2D eigenvalue weighted by Crippen LogP contribution is -1.99. The van der Waals surface area contributed by atoms with Crippen molar-refractivity contribution in [1.29, 1.82) is 0 Å². The third-order valence-electron chi connectivity index (χ3n) is 2.70. The van der Waals surface area contributed by atoms with E-state index in [0.29, 0.717) is 12.0 Å². The number of aliphatic hydroxyl groups excluding tert-OH is 1. The lowest BCUT2D eigenvalue weighted by atomic mass is 10.0. The minimum Gasteiger partial charge on any atom is -0.388 e. The number of allylic oxidation sites excluding steroid dienone is 1. The first-order valence-corrected chi connectivity index (χ1v) is 6.68. The van der Waals surface area contributed by atoms with Gasteiger partial charge < -0.3 is 5.11 Å². The van der Waals surface area contributed by atoms with E-state index < -0.39 is 6.10 Å². The van der Waals surface area contributed by atoms with Crippen molar-refractivity contribution in [2.24, 2.45) is 0 Å². The molecule has 0 radical (unpaired) electrons. The van der Waals surface area contributed by atoms with Gasteiger partial charge in [-0.25, -0.2) is 4.39 Å². The van der Waals surface area contributed by atoms with E-state index in [1.807, 2.05) is 6.08 Å². The second-order valence-corrected chi connectivity index (χ2v) is 4.96. The van der Waals surface area contributed by atoms with Crippen LogP contribution in [0.1, 0.15) is 43.8 Å². The fraction of sp³-hybridized carbons (Fsp3) is 0.429. The van der Waals surface area contributed by atoms with Crippen LogP contribution in [0.4, 0.5) is 4.39 Å². The van der Waals surface area contributed by atoms with Crippen molar-refractivity contribution >= 4 is 15.9 Å². The molecule has 0 heterocycles. The molecular formula is C14H18BrFO. The third-order valence-corrected chi connectivity index (χ3v) is 3.43. The van der Waals surface area contributed by atoms with Crippen LogP contribution >= 0.6 is 15.9 Å². The molecule has 0 aliphatic heterocycles. The SMILES string of the molecule is C=CCCCCCC(O)c1cc(F)ccc1Br. The van der Waals surface area contributed by atoms with Gasteiger partial charge in [0.1, 0.15) is 5.82 Å². The molecule has 1 nitrogen and oxygen atoms in total. The summed E-state index contributed by atoms with van der Waals surface area (Å²) >= 11 is 3.32. The van der Waals surface area contributed by atoms with Gasteiger partial charge in [0.25, 0.3) is 0 Å². The molecule has 0 aliphatic carbocycles. The Hall–Kier alpha value is -0.670. The number of aliphatic hydroxyl groups is 1. The Morgan fingerprint density at radius 3 is 2.82 bits per heavy atom. The normalized spacial score (nSPS) is 12.4. The summed E-state index contributed by atoms with van der Waals surface area (Å²) in [6.07, 6.45) is 6.09. The first-order chi connectivity index (χ1) is 8.15. The Bertz CT molecular complexity index is 365. The van der Waals surface area contributed by atoms with Crippen LogP contribution in [0.5, 0.6) is 0 Å². The van der Waals surface area contributed by atoms with Crippen LogP contribution in [-0.2, 0) is 0 Å². The van der Waals surface area contributed by atoms with E-state index in [4.69, 9.17) is 0 Å². The smallest absolute Gasteiger partial charge is 0.123 e. The topological polar surface area (TPSA) is 20.2 Å². The second-order valence-electron chi connectivity index (χ2n) is 4.11. The van der Waals surface area contributed by atoms with Gasteiger partial charge in [0.15, 0.2) is 0 Å². The molecular weight excluding hydrogens is 283 g/mol. The molecule has 0 spiro atoms. The predicted molar refractivity (Wildman–Crippen MR) is 72.3 cm³/mol. The maximum atomic E-state index is 13.1. The molecule has 0 saturated carbocycles. The van der Waals surface area contributed by atoms with E-state index in [-0.39, 0.29) is 5.82 Å². The number of halogens is 2. The maximum Gasteiger partial charge on any atom is 0.123 e. The standard InChI is InChI=1S/C14H18BrFO/c1-2-3-4-5-6-7-14(17)12-10-11(16)8-9-13(12)15/h2,8-10,14,17H,1,3-7H2. The largest absolute Gasteiger partial charge is 0.388 e. The Morgan fingerprint density at radius 2 is 2.12 bits per heavy atom. The van der Waals surface area contributed by atoms with E-state index in [0.717, 1.165) is 30.2 Å². The molecule has 1 aromatic rings. The predicted octanol–water partition coefficient (Wildman–Crippen LogP) is 4.76. The minimum atomic E-state index is -0.594. The molecule has 1 atom stereocenters. The van der Waals surface area contributed by atoms with Gasteiger partial charge in [-0.2, -0.15) is 0 Å². The Labute approximate surface area is 110 Å². The van der Waals surface area contributed by atoms with Crippen molar-refractivity contribution in [2.45, 2.75) is 38.2 Å². The molecule has 17 heavy (non-hydrogen) atoms. The molecule has 0 saturated heterocycles. The molecule has 0 aliphatic rings. The zero-order chi connectivity index (χ0) is 12.7. The monoisotopic (exact) mass is 300 g/mol. The Kier molecular flexibility index (Phi) is 6.45.